The molecule has 1 aliphatic carbocycles. The molecular formula is C17H30O4. The third-order valence-electron chi connectivity index (χ3n) is 4.97. The van der Waals surface area contributed by atoms with Gasteiger partial charge in [0.1, 0.15) is 12.7 Å². The average Bonchev–Trinajstić information content (AvgIpc) is 2.99. The Morgan fingerprint density at radius 1 is 1.19 bits per heavy atom. The van der Waals surface area contributed by atoms with Crippen LogP contribution in [0.2, 0.25) is 0 Å². The van der Waals surface area contributed by atoms with Crippen LogP contribution in [0.4, 0.5) is 0 Å². The van der Waals surface area contributed by atoms with E-state index in [9.17, 15) is 4.79 Å². The van der Waals surface area contributed by atoms with Crippen molar-refractivity contribution in [2.24, 2.45) is 17.8 Å². The molecule has 4 atom stereocenters. The minimum Gasteiger partial charge on any atom is -0.463 e. The number of hydrogen-bond acceptors (Lipinski definition) is 4. The van der Waals surface area contributed by atoms with E-state index in [1.54, 1.807) is 0 Å². The van der Waals surface area contributed by atoms with Crippen LogP contribution in [-0.2, 0) is 19.0 Å². The van der Waals surface area contributed by atoms with Gasteiger partial charge in [0.05, 0.1) is 6.61 Å². The van der Waals surface area contributed by atoms with Gasteiger partial charge in [-0.3, -0.25) is 4.79 Å². The Labute approximate surface area is 128 Å². The predicted molar refractivity (Wildman–Crippen MR) is 80.8 cm³/mol. The minimum atomic E-state index is -0.551. The van der Waals surface area contributed by atoms with Gasteiger partial charge < -0.3 is 14.2 Å². The molecule has 0 bridgehead atoms. The molecule has 122 valence electrons. The standard InChI is InChI=1S/C17H30O4/c1-5-12-7-13(6-2)14(8-12)9-16(18)19-10-15-11-20-17(3,4)21-15/h12-15H,5-11H2,1-4H3. The van der Waals surface area contributed by atoms with Gasteiger partial charge in [0.15, 0.2) is 5.79 Å². The Morgan fingerprint density at radius 3 is 2.48 bits per heavy atom. The molecular weight excluding hydrogens is 268 g/mol. The van der Waals surface area contributed by atoms with E-state index in [2.05, 4.69) is 13.8 Å². The van der Waals surface area contributed by atoms with E-state index in [-0.39, 0.29) is 12.1 Å². The van der Waals surface area contributed by atoms with Crippen LogP contribution < -0.4 is 0 Å². The quantitative estimate of drug-likeness (QED) is 0.704. The van der Waals surface area contributed by atoms with E-state index < -0.39 is 5.79 Å². The lowest BCUT2D eigenvalue weighted by molar-refractivity contribution is -0.159. The van der Waals surface area contributed by atoms with Crippen molar-refractivity contribution in [3.63, 3.8) is 0 Å². The maximum Gasteiger partial charge on any atom is 0.306 e. The highest BCUT2D eigenvalue weighted by atomic mass is 16.7. The molecule has 2 aliphatic rings. The molecule has 0 aromatic heterocycles. The molecule has 0 aromatic carbocycles. The molecule has 0 aromatic rings. The lowest BCUT2D eigenvalue weighted by atomic mass is 9.91. The summed E-state index contributed by atoms with van der Waals surface area (Å²) in [5.41, 5.74) is 0. The van der Waals surface area contributed by atoms with Gasteiger partial charge in [0.2, 0.25) is 0 Å². The summed E-state index contributed by atoms with van der Waals surface area (Å²) < 4.78 is 16.5. The second-order valence-corrected chi connectivity index (χ2v) is 7.01. The van der Waals surface area contributed by atoms with Gasteiger partial charge in [0, 0.05) is 6.42 Å². The fourth-order valence-corrected chi connectivity index (χ4v) is 3.72. The van der Waals surface area contributed by atoms with Crippen LogP contribution in [0, 0.1) is 17.8 Å². The van der Waals surface area contributed by atoms with Crippen molar-refractivity contribution in [2.75, 3.05) is 13.2 Å². The Balaban J connectivity index is 1.72. The van der Waals surface area contributed by atoms with E-state index in [1.807, 2.05) is 13.8 Å². The van der Waals surface area contributed by atoms with E-state index in [0.29, 0.717) is 31.5 Å². The molecule has 0 N–H and O–H groups in total. The first-order valence-electron chi connectivity index (χ1n) is 8.40. The summed E-state index contributed by atoms with van der Waals surface area (Å²) in [4.78, 5) is 12.1. The SMILES string of the molecule is CCC1CC(CC)C(CC(=O)OCC2COC(C)(C)O2)C1. The molecule has 0 radical (unpaired) electrons. The fraction of sp³-hybridized carbons (Fsp3) is 0.941. The zero-order valence-electron chi connectivity index (χ0n) is 13.9. The van der Waals surface area contributed by atoms with Gasteiger partial charge in [-0.15, -0.1) is 0 Å². The number of carbonyl (C=O) groups excluding carboxylic acids is 1. The molecule has 1 saturated carbocycles. The zero-order chi connectivity index (χ0) is 15.5. The topological polar surface area (TPSA) is 44.8 Å². The molecule has 0 spiro atoms. The third-order valence-corrected chi connectivity index (χ3v) is 4.97. The molecule has 1 aliphatic heterocycles. The Kier molecular flexibility index (Phi) is 5.67. The van der Waals surface area contributed by atoms with Crippen LogP contribution >= 0.6 is 0 Å². The lowest BCUT2D eigenvalue weighted by Gasteiger charge is -2.18. The van der Waals surface area contributed by atoms with Crippen molar-refractivity contribution in [1.82, 2.24) is 0 Å². The van der Waals surface area contributed by atoms with Crippen LogP contribution in [0.5, 0.6) is 0 Å². The van der Waals surface area contributed by atoms with Gasteiger partial charge in [-0.1, -0.05) is 26.7 Å². The Bertz CT molecular complexity index is 353. The highest BCUT2D eigenvalue weighted by Crippen LogP contribution is 2.41. The summed E-state index contributed by atoms with van der Waals surface area (Å²) in [6, 6.07) is 0. The largest absolute Gasteiger partial charge is 0.463 e. The molecule has 2 rings (SSSR count). The van der Waals surface area contributed by atoms with Gasteiger partial charge in [-0.2, -0.15) is 0 Å². The molecule has 21 heavy (non-hydrogen) atoms. The van der Waals surface area contributed by atoms with Crippen molar-refractivity contribution < 1.29 is 19.0 Å². The van der Waals surface area contributed by atoms with E-state index >= 15 is 0 Å². The predicted octanol–water partition coefficient (Wildman–Crippen LogP) is 3.53. The third kappa shape index (κ3) is 4.68. The lowest BCUT2D eigenvalue weighted by Crippen LogP contribution is -2.26. The zero-order valence-corrected chi connectivity index (χ0v) is 13.9. The first kappa shape index (κ1) is 16.8. The highest BCUT2D eigenvalue weighted by Gasteiger charge is 2.35. The Hall–Kier alpha value is -0.610. The number of ether oxygens (including phenoxy) is 3. The minimum absolute atomic E-state index is 0.0801. The van der Waals surface area contributed by atoms with E-state index in [4.69, 9.17) is 14.2 Å². The van der Waals surface area contributed by atoms with Gasteiger partial charge in [-0.25, -0.2) is 0 Å². The summed E-state index contributed by atoms with van der Waals surface area (Å²) in [5.74, 6) is 1.35. The highest BCUT2D eigenvalue weighted by molar-refractivity contribution is 5.69. The van der Waals surface area contributed by atoms with Crippen molar-refractivity contribution in [3.8, 4) is 0 Å². The summed E-state index contributed by atoms with van der Waals surface area (Å²) in [6.07, 6.45) is 5.29. The molecule has 0 amide bonds. The van der Waals surface area contributed by atoms with Crippen molar-refractivity contribution in [2.45, 2.75) is 71.7 Å². The average molecular weight is 298 g/mol. The smallest absolute Gasteiger partial charge is 0.306 e. The molecule has 1 saturated heterocycles. The van der Waals surface area contributed by atoms with Crippen molar-refractivity contribution >= 4 is 5.97 Å². The number of hydrogen-bond donors (Lipinski definition) is 0. The summed E-state index contributed by atoms with van der Waals surface area (Å²) in [7, 11) is 0. The molecule has 4 heteroatoms. The maximum absolute atomic E-state index is 12.1. The fourth-order valence-electron chi connectivity index (χ4n) is 3.72. The normalized spacial score (nSPS) is 35.0. The molecule has 1 heterocycles. The maximum atomic E-state index is 12.1. The first-order chi connectivity index (χ1) is 9.93. The first-order valence-corrected chi connectivity index (χ1v) is 8.40. The van der Waals surface area contributed by atoms with Crippen molar-refractivity contribution in [3.05, 3.63) is 0 Å². The second kappa shape index (κ2) is 7.10. The number of esters is 1. The van der Waals surface area contributed by atoms with E-state index in [0.717, 1.165) is 5.92 Å². The van der Waals surface area contributed by atoms with Crippen LogP contribution in [0.3, 0.4) is 0 Å². The van der Waals surface area contributed by atoms with Gasteiger partial charge in [-0.05, 0) is 44.4 Å². The summed E-state index contributed by atoms with van der Waals surface area (Å²) >= 11 is 0. The number of rotatable bonds is 6. The van der Waals surface area contributed by atoms with Crippen LogP contribution in [0.25, 0.3) is 0 Å². The van der Waals surface area contributed by atoms with Crippen LogP contribution in [-0.4, -0.2) is 31.1 Å². The number of carbonyl (C=O) groups is 1. The Morgan fingerprint density at radius 2 is 1.90 bits per heavy atom. The summed E-state index contributed by atoms with van der Waals surface area (Å²) in [6.45, 7) is 9.04. The van der Waals surface area contributed by atoms with Crippen LogP contribution in [0.15, 0.2) is 0 Å². The monoisotopic (exact) mass is 298 g/mol. The molecule has 4 nitrogen and oxygen atoms in total. The van der Waals surface area contributed by atoms with Gasteiger partial charge in [0.25, 0.3) is 0 Å². The van der Waals surface area contributed by atoms with E-state index in [1.165, 1.54) is 25.7 Å². The van der Waals surface area contributed by atoms with Crippen LogP contribution in [0.1, 0.15) is 59.8 Å². The van der Waals surface area contributed by atoms with Crippen molar-refractivity contribution in [1.29, 1.82) is 0 Å². The van der Waals surface area contributed by atoms with Gasteiger partial charge >= 0.3 is 5.97 Å². The summed E-state index contributed by atoms with van der Waals surface area (Å²) in [5, 5.41) is 0. The second-order valence-electron chi connectivity index (χ2n) is 7.01. The molecule has 4 unspecified atom stereocenters. The molecule has 2 fully saturated rings.